The van der Waals surface area contributed by atoms with Gasteiger partial charge in [-0.2, -0.15) is 0 Å². The van der Waals surface area contributed by atoms with Crippen molar-refractivity contribution >= 4 is 17.1 Å². The highest BCUT2D eigenvalue weighted by atomic mass is 16.5. The van der Waals surface area contributed by atoms with Gasteiger partial charge in [0.2, 0.25) is 0 Å². The van der Waals surface area contributed by atoms with Crippen LogP contribution in [0.5, 0.6) is 28.7 Å². The second-order valence-electron chi connectivity index (χ2n) is 7.91. The summed E-state index contributed by atoms with van der Waals surface area (Å²) in [5.41, 5.74) is 4.78. The standard InChI is InChI=1S/C27H25NO4/c1-17-10-20(15-23(30)12-17)28(21-11-18(2)13-24(31)16-21)25-6-4-5-7-27(25)32-26-9-8-22(29)14-19(26)3/h4-16,29-31H,1-3H3. The summed E-state index contributed by atoms with van der Waals surface area (Å²) in [5, 5.41) is 30.3. The number of hydrogen-bond acceptors (Lipinski definition) is 5. The van der Waals surface area contributed by atoms with E-state index in [-0.39, 0.29) is 17.2 Å². The van der Waals surface area contributed by atoms with Crippen LogP contribution in [0, 0.1) is 20.8 Å². The van der Waals surface area contributed by atoms with Gasteiger partial charge in [0.05, 0.1) is 17.1 Å². The average Bonchev–Trinajstić information content (AvgIpc) is 2.70. The van der Waals surface area contributed by atoms with Gasteiger partial charge in [-0.15, -0.1) is 0 Å². The number of para-hydroxylation sites is 2. The topological polar surface area (TPSA) is 73.2 Å². The predicted molar refractivity (Wildman–Crippen MR) is 127 cm³/mol. The molecular weight excluding hydrogens is 402 g/mol. The molecule has 0 heterocycles. The molecule has 4 aromatic carbocycles. The molecule has 0 aliphatic heterocycles. The first-order chi connectivity index (χ1) is 15.3. The van der Waals surface area contributed by atoms with Crippen LogP contribution in [-0.2, 0) is 0 Å². The summed E-state index contributed by atoms with van der Waals surface area (Å²) in [4.78, 5) is 1.94. The minimum absolute atomic E-state index is 0.148. The van der Waals surface area contributed by atoms with Crippen LogP contribution in [0.15, 0.2) is 78.9 Å². The maximum absolute atomic E-state index is 10.3. The van der Waals surface area contributed by atoms with Gasteiger partial charge in [0.25, 0.3) is 0 Å². The summed E-state index contributed by atoms with van der Waals surface area (Å²) in [7, 11) is 0. The normalized spacial score (nSPS) is 10.7. The molecule has 0 radical (unpaired) electrons. The molecule has 0 aliphatic carbocycles. The van der Waals surface area contributed by atoms with Crippen LogP contribution in [0.2, 0.25) is 0 Å². The highest BCUT2D eigenvalue weighted by Gasteiger charge is 2.19. The number of nitrogens with zero attached hydrogens (tertiary/aromatic N) is 1. The third-order valence-corrected chi connectivity index (χ3v) is 5.09. The van der Waals surface area contributed by atoms with Crippen molar-refractivity contribution < 1.29 is 20.1 Å². The van der Waals surface area contributed by atoms with Gasteiger partial charge in [0.15, 0.2) is 5.75 Å². The number of benzene rings is 4. The van der Waals surface area contributed by atoms with E-state index < -0.39 is 0 Å². The summed E-state index contributed by atoms with van der Waals surface area (Å²) in [6, 6.07) is 23.2. The Morgan fingerprint density at radius 1 is 0.594 bits per heavy atom. The van der Waals surface area contributed by atoms with Crippen molar-refractivity contribution in [1.29, 1.82) is 0 Å². The fourth-order valence-corrected chi connectivity index (χ4v) is 3.77. The number of ether oxygens (including phenoxy) is 1. The van der Waals surface area contributed by atoms with Crippen molar-refractivity contribution in [3.8, 4) is 28.7 Å². The molecule has 0 saturated heterocycles. The van der Waals surface area contributed by atoms with Gasteiger partial charge in [-0.05, 0) is 92.1 Å². The lowest BCUT2D eigenvalue weighted by molar-refractivity contribution is 0.462. The predicted octanol–water partition coefficient (Wildman–Crippen LogP) is 6.99. The Labute approximate surface area is 187 Å². The number of rotatable bonds is 5. The highest BCUT2D eigenvalue weighted by Crippen LogP contribution is 2.44. The molecule has 0 unspecified atom stereocenters. The largest absolute Gasteiger partial charge is 0.508 e. The molecule has 0 bridgehead atoms. The molecule has 0 spiro atoms. The van der Waals surface area contributed by atoms with Crippen LogP contribution >= 0.6 is 0 Å². The smallest absolute Gasteiger partial charge is 0.151 e. The van der Waals surface area contributed by atoms with Crippen molar-refractivity contribution in [3.05, 3.63) is 95.6 Å². The van der Waals surface area contributed by atoms with E-state index in [0.717, 1.165) is 33.8 Å². The Kier molecular flexibility index (Phi) is 5.65. The van der Waals surface area contributed by atoms with Crippen LogP contribution in [0.1, 0.15) is 16.7 Å². The monoisotopic (exact) mass is 427 g/mol. The molecule has 4 rings (SSSR count). The van der Waals surface area contributed by atoms with Crippen LogP contribution in [0.4, 0.5) is 17.1 Å². The maximum atomic E-state index is 10.3. The van der Waals surface area contributed by atoms with Crippen molar-refractivity contribution in [1.82, 2.24) is 0 Å². The third kappa shape index (κ3) is 4.47. The Morgan fingerprint density at radius 3 is 1.75 bits per heavy atom. The summed E-state index contributed by atoms with van der Waals surface area (Å²) >= 11 is 0. The molecule has 5 heteroatoms. The summed E-state index contributed by atoms with van der Waals surface area (Å²) in [5.74, 6) is 1.68. The van der Waals surface area contributed by atoms with Crippen LogP contribution in [0.25, 0.3) is 0 Å². The SMILES string of the molecule is Cc1cc(O)cc(N(c2cc(C)cc(O)c2)c2ccccc2Oc2ccc(O)cc2C)c1. The molecule has 4 aromatic rings. The van der Waals surface area contributed by atoms with E-state index in [2.05, 4.69) is 0 Å². The third-order valence-electron chi connectivity index (χ3n) is 5.09. The van der Waals surface area contributed by atoms with Gasteiger partial charge in [-0.25, -0.2) is 0 Å². The van der Waals surface area contributed by atoms with Gasteiger partial charge in [-0.3, -0.25) is 0 Å². The van der Waals surface area contributed by atoms with Crippen molar-refractivity contribution in [3.63, 3.8) is 0 Å². The molecule has 0 aromatic heterocycles. The van der Waals surface area contributed by atoms with Gasteiger partial charge in [0.1, 0.15) is 23.0 Å². The number of aryl methyl sites for hydroxylation is 3. The fourth-order valence-electron chi connectivity index (χ4n) is 3.77. The van der Waals surface area contributed by atoms with Crippen molar-refractivity contribution in [2.45, 2.75) is 20.8 Å². The first-order valence-corrected chi connectivity index (χ1v) is 10.3. The van der Waals surface area contributed by atoms with E-state index in [1.165, 1.54) is 0 Å². The highest BCUT2D eigenvalue weighted by molar-refractivity contribution is 5.82. The zero-order chi connectivity index (χ0) is 22.8. The number of phenols is 3. The van der Waals surface area contributed by atoms with Crippen LogP contribution in [-0.4, -0.2) is 15.3 Å². The van der Waals surface area contributed by atoms with Gasteiger partial charge < -0.3 is 25.0 Å². The molecule has 32 heavy (non-hydrogen) atoms. The average molecular weight is 428 g/mol. The zero-order valence-electron chi connectivity index (χ0n) is 18.2. The molecule has 0 saturated carbocycles. The molecule has 0 atom stereocenters. The summed E-state index contributed by atoms with van der Waals surface area (Å²) in [6.07, 6.45) is 0. The number of aromatic hydroxyl groups is 3. The van der Waals surface area contributed by atoms with E-state index in [0.29, 0.717) is 11.5 Å². The molecule has 0 amide bonds. The summed E-state index contributed by atoms with van der Waals surface area (Å²) in [6.45, 7) is 5.70. The first kappa shape index (κ1) is 21.1. The molecule has 5 nitrogen and oxygen atoms in total. The minimum Gasteiger partial charge on any atom is -0.508 e. The van der Waals surface area contributed by atoms with Gasteiger partial charge >= 0.3 is 0 Å². The quantitative estimate of drug-likeness (QED) is 0.320. The van der Waals surface area contributed by atoms with Gasteiger partial charge in [-0.1, -0.05) is 12.1 Å². The lowest BCUT2D eigenvalue weighted by Gasteiger charge is -2.28. The maximum Gasteiger partial charge on any atom is 0.151 e. The molecule has 0 aliphatic rings. The Balaban J connectivity index is 1.90. The summed E-state index contributed by atoms with van der Waals surface area (Å²) < 4.78 is 6.26. The molecule has 0 fully saturated rings. The Morgan fingerprint density at radius 2 is 1.19 bits per heavy atom. The van der Waals surface area contributed by atoms with E-state index in [1.54, 1.807) is 42.5 Å². The van der Waals surface area contributed by atoms with E-state index in [9.17, 15) is 15.3 Å². The number of anilines is 3. The van der Waals surface area contributed by atoms with E-state index in [1.807, 2.05) is 62.1 Å². The van der Waals surface area contributed by atoms with Crippen LogP contribution < -0.4 is 9.64 Å². The van der Waals surface area contributed by atoms with Crippen molar-refractivity contribution in [2.24, 2.45) is 0 Å². The minimum atomic E-state index is 0.148. The number of hydrogen-bond donors (Lipinski definition) is 3. The second kappa shape index (κ2) is 8.55. The van der Waals surface area contributed by atoms with Crippen molar-refractivity contribution in [2.75, 3.05) is 4.90 Å². The Hall–Kier alpha value is -4.12. The van der Waals surface area contributed by atoms with Gasteiger partial charge in [0, 0.05) is 12.1 Å². The molecule has 162 valence electrons. The zero-order valence-corrected chi connectivity index (χ0v) is 18.2. The van der Waals surface area contributed by atoms with Crippen LogP contribution in [0.3, 0.4) is 0 Å². The molecule has 3 N–H and O–H groups in total. The lowest BCUT2D eigenvalue weighted by atomic mass is 10.1. The first-order valence-electron chi connectivity index (χ1n) is 10.3. The van der Waals surface area contributed by atoms with E-state index in [4.69, 9.17) is 4.74 Å². The Bertz CT molecular complexity index is 1190. The molecular formula is C27H25NO4. The fraction of sp³-hybridized carbons (Fsp3) is 0.111. The van der Waals surface area contributed by atoms with E-state index >= 15 is 0 Å². The second-order valence-corrected chi connectivity index (χ2v) is 7.91. The lowest BCUT2D eigenvalue weighted by Crippen LogP contribution is -2.11. The number of phenolic OH excluding ortho intramolecular Hbond substituents is 3.